The summed E-state index contributed by atoms with van der Waals surface area (Å²) in [6, 6.07) is 0. The van der Waals surface area contributed by atoms with Crippen LogP contribution < -0.4 is 0 Å². The van der Waals surface area contributed by atoms with Crippen LogP contribution in [0, 0.1) is 23.7 Å². The summed E-state index contributed by atoms with van der Waals surface area (Å²) in [6.45, 7) is 0. The summed E-state index contributed by atoms with van der Waals surface area (Å²) >= 11 is 0. The van der Waals surface area contributed by atoms with Crippen LogP contribution in [0.25, 0.3) is 0 Å². The maximum absolute atomic E-state index is 11.5. The van der Waals surface area contributed by atoms with Crippen molar-refractivity contribution in [2.24, 2.45) is 23.7 Å². The molecule has 0 radical (unpaired) electrons. The molecule has 2 fully saturated rings. The van der Waals surface area contributed by atoms with E-state index in [1.165, 1.54) is 25.7 Å². The van der Waals surface area contributed by atoms with Crippen molar-refractivity contribution in [1.82, 2.24) is 0 Å². The Morgan fingerprint density at radius 2 is 2.00 bits per heavy atom. The second-order valence-electron chi connectivity index (χ2n) is 4.52. The Morgan fingerprint density at radius 1 is 1.17 bits per heavy atom. The van der Waals surface area contributed by atoms with Gasteiger partial charge in [0, 0.05) is 5.92 Å². The van der Waals surface area contributed by atoms with Gasteiger partial charge in [-0.1, -0.05) is 6.08 Å². The third-order valence-corrected chi connectivity index (χ3v) is 4.10. The molecule has 4 atom stereocenters. The summed E-state index contributed by atoms with van der Waals surface area (Å²) in [5.41, 5.74) is 0. The van der Waals surface area contributed by atoms with Crippen molar-refractivity contribution in [3.05, 3.63) is 12.2 Å². The topological polar surface area (TPSA) is 17.1 Å². The molecule has 0 amide bonds. The van der Waals surface area contributed by atoms with E-state index >= 15 is 0 Å². The van der Waals surface area contributed by atoms with Crippen LogP contribution in [0.15, 0.2) is 12.2 Å². The van der Waals surface area contributed by atoms with Gasteiger partial charge in [0.15, 0.2) is 5.78 Å². The molecule has 0 heterocycles. The molecule has 0 aromatic rings. The summed E-state index contributed by atoms with van der Waals surface area (Å²) in [5.74, 6) is 3.25. The highest BCUT2D eigenvalue weighted by atomic mass is 16.1. The van der Waals surface area contributed by atoms with Crippen molar-refractivity contribution in [3.63, 3.8) is 0 Å². The molecule has 1 nitrogen and oxygen atoms in total. The molecule has 3 rings (SSSR count). The number of allylic oxidation sites excluding steroid dienone is 2. The molecule has 0 spiro atoms. The van der Waals surface area contributed by atoms with Crippen molar-refractivity contribution < 1.29 is 4.79 Å². The Balaban J connectivity index is 2.02. The van der Waals surface area contributed by atoms with E-state index in [9.17, 15) is 4.79 Å². The average Bonchev–Trinajstić information content (AvgIpc) is 2.61. The molecule has 4 unspecified atom stereocenters. The highest BCUT2D eigenvalue weighted by molar-refractivity contribution is 5.93. The third-order valence-electron chi connectivity index (χ3n) is 4.10. The van der Waals surface area contributed by atoms with Gasteiger partial charge in [-0.3, -0.25) is 4.79 Å². The molecule has 0 bridgehead atoms. The van der Waals surface area contributed by atoms with Gasteiger partial charge in [-0.05, 0) is 49.5 Å². The number of hydrogen-bond acceptors (Lipinski definition) is 1. The largest absolute Gasteiger partial charge is 0.295 e. The van der Waals surface area contributed by atoms with Crippen LogP contribution in [0.4, 0.5) is 0 Å². The molecule has 3 aliphatic carbocycles. The number of carbonyl (C=O) groups is 1. The van der Waals surface area contributed by atoms with Crippen LogP contribution in [0.5, 0.6) is 0 Å². The molecule has 1 heteroatoms. The van der Waals surface area contributed by atoms with Gasteiger partial charge >= 0.3 is 0 Å². The van der Waals surface area contributed by atoms with Crippen LogP contribution in [0.1, 0.15) is 25.7 Å². The Bertz CT molecular complexity index is 254. The molecule has 0 saturated heterocycles. The molecule has 0 aliphatic heterocycles. The van der Waals surface area contributed by atoms with Crippen LogP contribution in [0.2, 0.25) is 0 Å². The van der Waals surface area contributed by atoms with Crippen LogP contribution in [-0.2, 0) is 4.79 Å². The van der Waals surface area contributed by atoms with Gasteiger partial charge in [-0.2, -0.15) is 0 Å². The standard InChI is InChI=1S/C11H14O/c12-10-6-4-8-2-1-7-3-5-9(10)11(7)8/h4,6-9,11H,1-3,5H2. The first-order chi connectivity index (χ1) is 5.86. The molecule has 64 valence electrons. The smallest absolute Gasteiger partial charge is 0.158 e. The van der Waals surface area contributed by atoms with Crippen molar-refractivity contribution in [2.45, 2.75) is 25.7 Å². The van der Waals surface area contributed by atoms with Gasteiger partial charge in [0.2, 0.25) is 0 Å². The number of hydrogen-bond donors (Lipinski definition) is 0. The lowest BCUT2D eigenvalue weighted by Gasteiger charge is -2.25. The molecule has 3 aliphatic rings. The lowest BCUT2D eigenvalue weighted by molar-refractivity contribution is -0.120. The zero-order valence-electron chi connectivity index (χ0n) is 7.20. The molecular formula is C11H14O. The Labute approximate surface area is 72.8 Å². The maximum atomic E-state index is 11.5. The minimum Gasteiger partial charge on any atom is -0.295 e. The normalized spacial score (nSPS) is 49.8. The van der Waals surface area contributed by atoms with Gasteiger partial charge in [0.1, 0.15) is 0 Å². The first kappa shape index (κ1) is 6.88. The first-order valence-corrected chi connectivity index (χ1v) is 5.08. The first-order valence-electron chi connectivity index (χ1n) is 5.08. The molecule has 2 saturated carbocycles. The summed E-state index contributed by atoms with van der Waals surface area (Å²) in [6.07, 6.45) is 9.24. The molecule has 0 N–H and O–H groups in total. The van der Waals surface area contributed by atoms with E-state index in [0.717, 1.165) is 17.8 Å². The number of ketones is 1. The van der Waals surface area contributed by atoms with Crippen LogP contribution in [-0.4, -0.2) is 5.78 Å². The summed E-state index contributed by atoms with van der Waals surface area (Å²) in [4.78, 5) is 11.5. The molecule has 0 aromatic carbocycles. The minimum atomic E-state index is 0.417. The second-order valence-corrected chi connectivity index (χ2v) is 4.52. The number of rotatable bonds is 0. The zero-order valence-corrected chi connectivity index (χ0v) is 7.20. The lowest BCUT2D eigenvalue weighted by atomic mass is 9.78. The van der Waals surface area contributed by atoms with Gasteiger partial charge in [0.05, 0.1) is 0 Å². The monoisotopic (exact) mass is 162 g/mol. The Kier molecular flexibility index (Phi) is 1.27. The summed E-state index contributed by atoms with van der Waals surface area (Å²) in [5, 5.41) is 0. The maximum Gasteiger partial charge on any atom is 0.158 e. The fourth-order valence-electron chi connectivity index (χ4n) is 3.59. The quantitative estimate of drug-likeness (QED) is 0.533. The molecule has 12 heavy (non-hydrogen) atoms. The van der Waals surface area contributed by atoms with Gasteiger partial charge in [-0.25, -0.2) is 0 Å². The fourth-order valence-corrected chi connectivity index (χ4v) is 3.59. The predicted octanol–water partition coefficient (Wildman–Crippen LogP) is 2.18. The molecule has 0 aromatic heterocycles. The van der Waals surface area contributed by atoms with E-state index in [2.05, 4.69) is 6.08 Å². The summed E-state index contributed by atoms with van der Waals surface area (Å²) in [7, 11) is 0. The SMILES string of the molecule is O=C1C=CC2CCC3CCC1C23. The van der Waals surface area contributed by atoms with E-state index < -0.39 is 0 Å². The van der Waals surface area contributed by atoms with Crippen molar-refractivity contribution in [1.29, 1.82) is 0 Å². The van der Waals surface area contributed by atoms with Crippen LogP contribution >= 0.6 is 0 Å². The van der Waals surface area contributed by atoms with Gasteiger partial charge in [0.25, 0.3) is 0 Å². The van der Waals surface area contributed by atoms with Crippen molar-refractivity contribution in [3.8, 4) is 0 Å². The predicted molar refractivity (Wildman–Crippen MR) is 46.6 cm³/mol. The van der Waals surface area contributed by atoms with Crippen molar-refractivity contribution >= 4 is 5.78 Å². The highest BCUT2D eigenvalue weighted by Gasteiger charge is 2.48. The van der Waals surface area contributed by atoms with Crippen molar-refractivity contribution in [2.75, 3.05) is 0 Å². The summed E-state index contributed by atoms with van der Waals surface area (Å²) < 4.78 is 0. The highest BCUT2D eigenvalue weighted by Crippen LogP contribution is 2.53. The van der Waals surface area contributed by atoms with E-state index in [0.29, 0.717) is 11.7 Å². The lowest BCUT2D eigenvalue weighted by Crippen LogP contribution is -2.26. The molecular weight excluding hydrogens is 148 g/mol. The average molecular weight is 162 g/mol. The third kappa shape index (κ3) is 0.720. The van der Waals surface area contributed by atoms with Crippen LogP contribution in [0.3, 0.4) is 0 Å². The van der Waals surface area contributed by atoms with Gasteiger partial charge < -0.3 is 0 Å². The Hall–Kier alpha value is -0.590. The van der Waals surface area contributed by atoms with Gasteiger partial charge in [-0.15, -0.1) is 0 Å². The van der Waals surface area contributed by atoms with E-state index in [-0.39, 0.29) is 0 Å². The van der Waals surface area contributed by atoms with E-state index in [1.807, 2.05) is 6.08 Å². The minimum absolute atomic E-state index is 0.417. The second kappa shape index (κ2) is 2.21. The fraction of sp³-hybridized carbons (Fsp3) is 0.727. The van der Waals surface area contributed by atoms with E-state index in [1.54, 1.807) is 0 Å². The number of carbonyl (C=O) groups excluding carboxylic acids is 1. The zero-order chi connectivity index (χ0) is 8.13. The Morgan fingerprint density at radius 3 is 2.92 bits per heavy atom. The van der Waals surface area contributed by atoms with E-state index in [4.69, 9.17) is 0 Å².